The number of carboxylic acid groups (broad SMARTS) is 1. The zero-order valence-corrected chi connectivity index (χ0v) is 19.7. The van der Waals surface area contributed by atoms with Gasteiger partial charge in [0.2, 0.25) is 5.91 Å². The van der Waals surface area contributed by atoms with E-state index in [-0.39, 0.29) is 35.3 Å². The molecule has 10 heteroatoms. The molecular formula is C24H24N2O7S. The van der Waals surface area contributed by atoms with Crippen molar-refractivity contribution in [2.75, 3.05) is 25.6 Å². The van der Waals surface area contributed by atoms with Crippen molar-refractivity contribution in [3.8, 4) is 11.5 Å². The molecule has 1 fully saturated rings. The van der Waals surface area contributed by atoms with E-state index in [0.717, 1.165) is 27.8 Å². The van der Waals surface area contributed by atoms with E-state index in [1.54, 1.807) is 12.1 Å². The lowest BCUT2D eigenvalue weighted by Crippen LogP contribution is -2.31. The first-order chi connectivity index (χ1) is 16.2. The van der Waals surface area contributed by atoms with Crippen LogP contribution in [0.1, 0.15) is 23.1 Å². The second-order valence-corrected chi connectivity index (χ2v) is 8.54. The molecule has 3 rings (SSSR count). The van der Waals surface area contributed by atoms with Crippen LogP contribution in [0.25, 0.3) is 6.08 Å². The first-order valence-corrected chi connectivity index (χ1v) is 11.1. The number of nitrogens with zero attached hydrogens (tertiary/aromatic N) is 1. The summed E-state index contributed by atoms with van der Waals surface area (Å²) in [6.07, 6.45) is 1.51. The molecule has 0 saturated carbocycles. The van der Waals surface area contributed by atoms with Gasteiger partial charge in [0.05, 0.1) is 12.0 Å². The summed E-state index contributed by atoms with van der Waals surface area (Å²) in [5.41, 5.74) is 3.27. The van der Waals surface area contributed by atoms with Crippen LogP contribution in [0.2, 0.25) is 0 Å². The van der Waals surface area contributed by atoms with Gasteiger partial charge in [-0.1, -0.05) is 23.8 Å². The van der Waals surface area contributed by atoms with Crippen molar-refractivity contribution in [1.82, 2.24) is 4.90 Å². The zero-order valence-electron chi connectivity index (χ0n) is 18.9. The molecule has 1 aliphatic rings. The Balaban J connectivity index is 1.64. The maximum absolute atomic E-state index is 12.7. The number of benzene rings is 2. The van der Waals surface area contributed by atoms with Gasteiger partial charge in [-0.2, -0.15) is 0 Å². The molecule has 2 aromatic carbocycles. The number of methoxy groups -OCH3 is 1. The van der Waals surface area contributed by atoms with Gasteiger partial charge in [-0.25, -0.2) is 4.79 Å². The lowest BCUT2D eigenvalue weighted by molar-refractivity contribution is -0.139. The molecule has 0 bridgehead atoms. The zero-order chi connectivity index (χ0) is 24.8. The van der Waals surface area contributed by atoms with Crippen LogP contribution in [0, 0.1) is 13.8 Å². The van der Waals surface area contributed by atoms with Crippen molar-refractivity contribution in [3.05, 3.63) is 58.0 Å². The molecule has 0 aliphatic carbocycles. The van der Waals surface area contributed by atoms with Crippen LogP contribution < -0.4 is 14.8 Å². The topological polar surface area (TPSA) is 122 Å². The molecule has 0 unspecified atom stereocenters. The van der Waals surface area contributed by atoms with Gasteiger partial charge in [-0.05, 0) is 61.0 Å². The summed E-state index contributed by atoms with van der Waals surface area (Å²) in [5, 5.41) is 11.1. The predicted molar refractivity (Wildman–Crippen MR) is 128 cm³/mol. The van der Waals surface area contributed by atoms with Crippen LogP contribution in [-0.4, -0.2) is 53.3 Å². The van der Waals surface area contributed by atoms with E-state index in [9.17, 15) is 19.2 Å². The van der Waals surface area contributed by atoms with Crippen LogP contribution in [-0.2, 0) is 14.4 Å². The second-order valence-electron chi connectivity index (χ2n) is 7.54. The molecule has 1 saturated heterocycles. The molecule has 9 nitrogen and oxygen atoms in total. The minimum atomic E-state index is -1.12. The third-order valence-electron chi connectivity index (χ3n) is 4.93. The van der Waals surface area contributed by atoms with Crippen LogP contribution in [0.5, 0.6) is 11.5 Å². The van der Waals surface area contributed by atoms with Gasteiger partial charge in [0.1, 0.15) is 0 Å². The quantitative estimate of drug-likeness (QED) is 0.515. The van der Waals surface area contributed by atoms with E-state index in [1.165, 1.54) is 19.3 Å². The number of rotatable bonds is 9. The SMILES string of the molecule is COc1cc(/C=C2\SC(=O)N(CCC(=O)Nc3ccc(C)cc3C)C2=O)ccc1OCC(=O)O. The van der Waals surface area contributed by atoms with Crippen molar-refractivity contribution in [2.45, 2.75) is 20.3 Å². The average molecular weight is 485 g/mol. The highest BCUT2D eigenvalue weighted by molar-refractivity contribution is 8.18. The number of carboxylic acids is 1. The summed E-state index contributed by atoms with van der Waals surface area (Å²) in [6, 6.07) is 10.4. The van der Waals surface area contributed by atoms with Crippen LogP contribution in [0.3, 0.4) is 0 Å². The number of aryl methyl sites for hydroxylation is 2. The molecule has 0 radical (unpaired) electrons. The van der Waals surface area contributed by atoms with Gasteiger partial charge in [-0.3, -0.25) is 19.3 Å². The summed E-state index contributed by atoms with van der Waals surface area (Å²) in [6.45, 7) is 3.29. The fourth-order valence-corrected chi connectivity index (χ4v) is 4.12. The van der Waals surface area contributed by atoms with Crippen molar-refractivity contribution in [1.29, 1.82) is 0 Å². The smallest absolute Gasteiger partial charge is 0.341 e. The molecule has 34 heavy (non-hydrogen) atoms. The van der Waals surface area contributed by atoms with E-state index in [4.69, 9.17) is 14.6 Å². The summed E-state index contributed by atoms with van der Waals surface area (Å²) in [7, 11) is 1.41. The Morgan fingerprint density at radius 1 is 1.12 bits per heavy atom. The van der Waals surface area contributed by atoms with Gasteiger partial charge in [0, 0.05) is 18.7 Å². The second kappa shape index (κ2) is 10.9. The monoisotopic (exact) mass is 484 g/mol. The van der Waals surface area contributed by atoms with Gasteiger partial charge < -0.3 is 19.9 Å². The number of hydrogen-bond donors (Lipinski definition) is 2. The molecule has 178 valence electrons. The molecule has 0 aromatic heterocycles. The Morgan fingerprint density at radius 3 is 2.56 bits per heavy atom. The van der Waals surface area contributed by atoms with E-state index >= 15 is 0 Å². The van der Waals surface area contributed by atoms with E-state index in [2.05, 4.69) is 5.32 Å². The number of anilines is 1. The molecule has 1 aliphatic heterocycles. The van der Waals surface area contributed by atoms with Crippen LogP contribution in [0.4, 0.5) is 10.5 Å². The Bertz CT molecular complexity index is 1180. The fourth-order valence-electron chi connectivity index (χ4n) is 3.26. The number of hydrogen-bond acceptors (Lipinski definition) is 7. The predicted octanol–water partition coefficient (Wildman–Crippen LogP) is 3.84. The Labute approximate surface area is 200 Å². The molecule has 2 N–H and O–H groups in total. The van der Waals surface area contributed by atoms with Crippen molar-refractivity contribution >= 4 is 46.5 Å². The molecule has 1 heterocycles. The number of nitrogens with one attached hydrogen (secondary N) is 1. The van der Waals surface area contributed by atoms with Crippen molar-refractivity contribution in [2.24, 2.45) is 0 Å². The maximum Gasteiger partial charge on any atom is 0.341 e. The normalized spacial score (nSPS) is 14.4. The van der Waals surface area contributed by atoms with Gasteiger partial charge in [0.25, 0.3) is 11.1 Å². The first-order valence-electron chi connectivity index (χ1n) is 10.3. The van der Waals surface area contributed by atoms with E-state index < -0.39 is 23.7 Å². The number of ether oxygens (including phenoxy) is 2. The third kappa shape index (κ3) is 6.16. The first kappa shape index (κ1) is 24.8. The highest BCUT2D eigenvalue weighted by atomic mass is 32.2. The highest BCUT2D eigenvalue weighted by Crippen LogP contribution is 2.34. The molecule has 0 spiro atoms. The molecular weight excluding hydrogens is 460 g/mol. The number of aliphatic carboxylic acids is 1. The lowest BCUT2D eigenvalue weighted by atomic mass is 10.1. The third-order valence-corrected chi connectivity index (χ3v) is 5.84. The minimum absolute atomic E-state index is 0.0257. The number of amides is 3. The number of imide groups is 1. The Morgan fingerprint density at radius 2 is 1.88 bits per heavy atom. The average Bonchev–Trinajstić information content (AvgIpc) is 3.05. The van der Waals surface area contributed by atoms with Crippen molar-refractivity contribution < 1.29 is 33.8 Å². The lowest BCUT2D eigenvalue weighted by Gasteiger charge is -2.13. The Kier molecular flexibility index (Phi) is 7.95. The molecule has 3 amide bonds. The number of thioether (sulfide) groups is 1. The molecule has 2 aromatic rings. The van der Waals surface area contributed by atoms with Gasteiger partial charge in [0.15, 0.2) is 18.1 Å². The maximum atomic E-state index is 12.7. The minimum Gasteiger partial charge on any atom is -0.493 e. The van der Waals surface area contributed by atoms with Gasteiger partial charge in [-0.15, -0.1) is 0 Å². The summed E-state index contributed by atoms with van der Waals surface area (Å²) in [5.74, 6) is -1.37. The van der Waals surface area contributed by atoms with Gasteiger partial charge >= 0.3 is 5.97 Å². The number of carbonyl (C=O) groups is 4. The van der Waals surface area contributed by atoms with Crippen LogP contribution in [0.15, 0.2) is 41.3 Å². The standard InChI is InChI=1S/C24H24N2O7S/c1-14-4-6-17(15(2)10-14)25-21(27)8-9-26-23(30)20(34-24(26)31)12-16-5-7-18(19(11-16)32-3)33-13-22(28)29/h4-7,10-12H,8-9,13H2,1-3H3,(H,25,27)(H,28,29)/b20-12-. The van der Waals surface area contributed by atoms with Crippen LogP contribution >= 0.6 is 11.8 Å². The van der Waals surface area contributed by atoms with Crippen molar-refractivity contribution in [3.63, 3.8) is 0 Å². The highest BCUT2D eigenvalue weighted by Gasteiger charge is 2.35. The van der Waals surface area contributed by atoms with E-state index in [1.807, 2.05) is 32.0 Å². The summed E-state index contributed by atoms with van der Waals surface area (Å²) in [4.78, 5) is 49.4. The van der Waals surface area contributed by atoms with E-state index in [0.29, 0.717) is 11.3 Å². The molecule has 0 atom stereocenters. The summed E-state index contributed by atoms with van der Waals surface area (Å²) >= 11 is 0.785. The number of carbonyl (C=O) groups excluding carboxylic acids is 3. The Hall–Kier alpha value is -3.79. The fraction of sp³-hybridized carbons (Fsp3) is 0.250. The summed E-state index contributed by atoms with van der Waals surface area (Å²) < 4.78 is 10.4. The largest absolute Gasteiger partial charge is 0.493 e.